The van der Waals surface area contributed by atoms with Crippen LogP contribution in [0, 0.1) is 0 Å². The Morgan fingerprint density at radius 3 is 2.44 bits per heavy atom. The number of benzene rings is 2. The number of aryl methyl sites for hydroxylation is 1. The average Bonchev–Trinajstić information content (AvgIpc) is 3.03. The van der Waals surface area contributed by atoms with Gasteiger partial charge in [-0.3, -0.25) is 9.59 Å². The van der Waals surface area contributed by atoms with E-state index in [1.165, 1.54) is 0 Å². The SMILES string of the molecule is Cn1cc(C2=C(Cl)C(=O)N(c3ccccc3)C2=O)c2ccc(Br)cc21. The van der Waals surface area contributed by atoms with E-state index in [1.54, 1.807) is 24.3 Å². The summed E-state index contributed by atoms with van der Waals surface area (Å²) in [7, 11) is 1.89. The van der Waals surface area contributed by atoms with Crippen LogP contribution >= 0.6 is 27.5 Å². The van der Waals surface area contributed by atoms with Crippen LogP contribution in [0.2, 0.25) is 0 Å². The topological polar surface area (TPSA) is 42.3 Å². The van der Waals surface area contributed by atoms with Crippen LogP contribution in [0.25, 0.3) is 16.5 Å². The minimum absolute atomic E-state index is 0.0516. The van der Waals surface area contributed by atoms with Crippen molar-refractivity contribution >= 4 is 61.5 Å². The molecule has 0 N–H and O–H groups in total. The molecule has 4 nitrogen and oxygen atoms in total. The summed E-state index contributed by atoms with van der Waals surface area (Å²) in [4.78, 5) is 26.7. The van der Waals surface area contributed by atoms with Crippen molar-refractivity contribution in [3.05, 3.63) is 69.8 Å². The van der Waals surface area contributed by atoms with Gasteiger partial charge in [0.25, 0.3) is 11.8 Å². The lowest BCUT2D eigenvalue weighted by Crippen LogP contribution is -2.31. The van der Waals surface area contributed by atoms with Gasteiger partial charge in [0.05, 0.1) is 11.3 Å². The Morgan fingerprint density at radius 1 is 1.00 bits per heavy atom. The molecule has 1 aromatic heterocycles. The van der Waals surface area contributed by atoms with Gasteiger partial charge in [-0.2, -0.15) is 0 Å². The normalized spacial score (nSPS) is 14.9. The second kappa shape index (κ2) is 5.86. The Kier molecular flexibility index (Phi) is 3.78. The van der Waals surface area contributed by atoms with Gasteiger partial charge < -0.3 is 4.57 Å². The number of aromatic nitrogens is 1. The van der Waals surface area contributed by atoms with Gasteiger partial charge in [0.2, 0.25) is 0 Å². The van der Waals surface area contributed by atoms with Crippen LogP contribution in [0.15, 0.2) is 64.2 Å². The molecule has 0 unspecified atom stereocenters. The lowest BCUT2D eigenvalue weighted by Gasteiger charge is -2.14. The molecule has 1 aliphatic heterocycles. The van der Waals surface area contributed by atoms with Crippen molar-refractivity contribution in [3.8, 4) is 0 Å². The molecule has 124 valence electrons. The number of nitrogens with zero attached hydrogens (tertiary/aromatic N) is 2. The molecule has 0 saturated heterocycles. The van der Waals surface area contributed by atoms with E-state index in [2.05, 4.69) is 15.9 Å². The van der Waals surface area contributed by atoms with E-state index in [9.17, 15) is 9.59 Å². The van der Waals surface area contributed by atoms with Crippen LogP contribution in [0.4, 0.5) is 5.69 Å². The summed E-state index contributed by atoms with van der Waals surface area (Å²) in [5, 5.41) is 0.819. The summed E-state index contributed by atoms with van der Waals surface area (Å²) in [5.74, 6) is -0.904. The first-order chi connectivity index (χ1) is 12.0. The van der Waals surface area contributed by atoms with Crippen LogP contribution in [0.1, 0.15) is 5.56 Å². The van der Waals surface area contributed by atoms with Gasteiger partial charge in [-0.15, -0.1) is 0 Å². The van der Waals surface area contributed by atoms with E-state index < -0.39 is 11.8 Å². The molecule has 0 saturated carbocycles. The fraction of sp³-hybridized carbons (Fsp3) is 0.0526. The summed E-state index contributed by atoms with van der Waals surface area (Å²) in [6.07, 6.45) is 1.83. The Hall–Kier alpha value is -2.37. The van der Waals surface area contributed by atoms with Gasteiger partial charge in [-0.25, -0.2) is 4.90 Å². The van der Waals surface area contributed by atoms with Crippen LogP contribution in [0.5, 0.6) is 0 Å². The highest BCUT2D eigenvalue weighted by Gasteiger charge is 2.40. The standard InChI is InChI=1S/C19H12BrClN2O2/c1-22-10-14(13-8-7-11(20)9-15(13)22)16-17(21)19(25)23(18(16)24)12-5-3-2-4-6-12/h2-10H,1H3. The number of hydrogen-bond acceptors (Lipinski definition) is 2. The molecular formula is C19H12BrClN2O2. The molecule has 2 aromatic carbocycles. The van der Waals surface area contributed by atoms with E-state index >= 15 is 0 Å². The molecule has 2 heterocycles. The van der Waals surface area contributed by atoms with Gasteiger partial charge >= 0.3 is 0 Å². The summed E-state index contributed by atoms with van der Waals surface area (Å²) >= 11 is 9.74. The first-order valence-corrected chi connectivity index (χ1v) is 8.74. The van der Waals surface area contributed by atoms with E-state index in [0.717, 1.165) is 20.3 Å². The second-order valence-corrected chi connectivity index (χ2v) is 7.08. The maximum absolute atomic E-state index is 13.0. The monoisotopic (exact) mass is 414 g/mol. The molecule has 0 spiro atoms. The minimum Gasteiger partial charge on any atom is -0.350 e. The van der Waals surface area contributed by atoms with E-state index in [1.807, 2.05) is 42.1 Å². The fourth-order valence-corrected chi connectivity index (χ4v) is 3.72. The maximum atomic E-state index is 13.0. The van der Waals surface area contributed by atoms with E-state index in [4.69, 9.17) is 11.6 Å². The molecule has 6 heteroatoms. The number of halogens is 2. The third-order valence-corrected chi connectivity index (χ3v) is 5.11. The van der Waals surface area contributed by atoms with Crippen molar-refractivity contribution in [2.24, 2.45) is 7.05 Å². The minimum atomic E-state index is -0.498. The van der Waals surface area contributed by atoms with Crippen LogP contribution in [0.3, 0.4) is 0 Å². The lowest BCUT2D eigenvalue weighted by molar-refractivity contribution is -0.119. The van der Waals surface area contributed by atoms with Crippen molar-refractivity contribution in [2.75, 3.05) is 4.90 Å². The molecule has 0 bridgehead atoms. The van der Waals surface area contributed by atoms with Crippen molar-refractivity contribution in [3.63, 3.8) is 0 Å². The number of anilines is 1. The predicted molar refractivity (Wildman–Crippen MR) is 102 cm³/mol. The number of amides is 2. The number of rotatable bonds is 2. The third kappa shape index (κ3) is 2.42. The Morgan fingerprint density at radius 2 is 1.72 bits per heavy atom. The summed E-state index contributed by atoms with van der Waals surface area (Å²) < 4.78 is 2.85. The first kappa shape index (κ1) is 16.1. The van der Waals surface area contributed by atoms with Gasteiger partial charge in [0.1, 0.15) is 5.03 Å². The van der Waals surface area contributed by atoms with Crippen molar-refractivity contribution in [1.29, 1.82) is 0 Å². The summed E-state index contributed by atoms with van der Waals surface area (Å²) in [5.41, 5.74) is 2.35. The average molecular weight is 416 g/mol. The molecule has 0 radical (unpaired) electrons. The fourth-order valence-electron chi connectivity index (χ4n) is 3.10. The zero-order valence-corrected chi connectivity index (χ0v) is 15.5. The van der Waals surface area contributed by atoms with Gasteiger partial charge in [-0.1, -0.05) is 51.8 Å². The zero-order chi connectivity index (χ0) is 17.7. The second-order valence-electron chi connectivity index (χ2n) is 5.79. The third-order valence-electron chi connectivity index (χ3n) is 4.26. The molecule has 3 aromatic rings. The molecule has 1 aliphatic rings. The molecule has 2 amide bonds. The molecule has 4 rings (SSSR count). The van der Waals surface area contributed by atoms with Gasteiger partial charge in [0.15, 0.2) is 0 Å². The highest BCUT2D eigenvalue weighted by Crippen LogP contribution is 2.38. The zero-order valence-electron chi connectivity index (χ0n) is 13.2. The molecule has 25 heavy (non-hydrogen) atoms. The number of imide groups is 1. The summed E-state index contributed by atoms with van der Waals surface area (Å²) in [6.45, 7) is 0. The number of carbonyl (C=O) groups excluding carboxylic acids is 2. The molecule has 0 atom stereocenters. The highest BCUT2D eigenvalue weighted by molar-refractivity contribution is 9.10. The van der Waals surface area contributed by atoms with Crippen LogP contribution in [-0.4, -0.2) is 16.4 Å². The number of carbonyl (C=O) groups is 2. The predicted octanol–water partition coefficient (Wildman–Crippen LogP) is 4.46. The number of para-hydroxylation sites is 1. The van der Waals surface area contributed by atoms with Gasteiger partial charge in [0, 0.05) is 34.2 Å². The maximum Gasteiger partial charge on any atom is 0.277 e. The van der Waals surface area contributed by atoms with Crippen LogP contribution < -0.4 is 4.90 Å². The van der Waals surface area contributed by atoms with E-state index in [0.29, 0.717) is 11.3 Å². The highest BCUT2D eigenvalue weighted by atomic mass is 79.9. The van der Waals surface area contributed by atoms with Crippen molar-refractivity contribution in [2.45, 2.75) is 0 Å². The quantitative estimate of drug-likeness (QED) is 0.580. The molecular weight excluding hydrogens is 404 g/mol. The Labute approximate surface area is 157 Å². The Balaban J connectivity index is 1.89. The van der Waals surface area contributed by atoms with E-state index in [-0.39, 0.29) is 10.6 Å². The smallest absolute Gasteiger partial charge is 0.277 e. The molecule has 0 fully saturated rings. The largest absolute Gasteiger partial charge is 0.350 e. The number of hydrogen-bond donors (Lipinski definition) is 0. The number of fused-ring (bicyclic) bond motifs is 1. The molecule has 0 aliphatic carbocycles. The lowest BCUT2D eigenvalue weighted by atomic mass is 10.1. The van der Waals surface area contributed by atoms with Crippen molar-refractivity contribution < 1.29 is 9.59 Å². The van der Waals surface area contributed by atoms with Crippen molar-refractivity contribution in [1.82, 2.24) is 4.57 Å². The van der Waals surface area contributed by atoms with Gasteiger partial charge in [-0.05, 0) is 24.3 Å². The summed E-state index contributed by atoms with van der Waals surface area (Å²) in [6, 6.07) is 14.6. The Bertz CT molecular complexity index is 1070. The first-order valence-electron chi connectivity index (χ1n) is 7.57. The van der Waals surface area contributed by atoms with Crippen LogP contribution in [-0.2, 0) is 16.6 Å².